The van der Waals surface area contributed by atoms with Crippen LogP contribution in [-0.2, 0) is 13.0 Å². The summed E-state index contributed by atoms with van der Waals surface area (Å²) in [4.78, 5) is 4.54. The number of aromatic nitrogens is 2. The summed E-state index contributed by atoms with van der Waals surface area (Å²) in [5, 5.41) is 4.56. The second-order valence-electron chi connectivity index (χ2n) is 4.70. The molecule has 0 saturated carbocycles. The Bertz CT molecular complexity index is 696. The number of nitrogens with zero attached hydrogens (tertiary/aromatic N) is 2. The minimum atomic E-state index is 0.684. The van der Waals surface area contributed by atoms with Crippen molar-refractivity contribution in [2.24, 2.45) is 5.73 Å². The highest BCUT2D eigenvalue weighted by Crippen LogP contribution is 2.23. The van der Waals surface area contributed by atoms with Crippen LogP contribution in [0.5, 0.6) is 0 Å². The number of thiazole rings is 1. The lowest BCUT2D eigenvalue weighted by molar-refractivity contribution is 0.804. The number of para-hydroxylation sites is 1. The van der Waals surface area contributed by atoms with Crippen molar-refractivity contribution in [2.45, 2.75) is 19.9 Å². The quantitative estimate of drug-likeness (QED) is 0.793. The summed E-state index contributed by atoms with van der Waals surface area (Å²) >= 11 is 1.70. The second kappa shape index (κ2) is 5.15. The molecule has 0 amide bonds. The molecular formula is C15H17N3S. The number of hydrogen-bond acceptors (Lipinski definition) is 3. The van der Waals surface area contributed by atoms with Crippen molar-refractivity contribution >= 4 is 22.2 Å². The van der Waals surface area contributed by atoms with E-state index in [2.05, 4.69) is 45.4 Å². The summed E-state index contributed by atoms with van der Waals surface area (Å²) in [7, 11) is 0. The SMILES string of the molecule is Cc1nc(Cn2cc(CCN)c3ccccc32)cs1. The Balaban J connectivity index is 2.03. The third-order valence-corrected chi connectivity index (χ3v) is 4.11. The van der Waals surface area contributed by atoms with Gasteiger partial charge in [-0.1, -0.05) is 18.2 Å². The average Bonchev–Trinajstić information content (AvgIpc) is 2.97. The van der Waals surface area contributed by atoms with Crippen molar-refractivity contribution in [3.63, 3.8) is 0 Å². The first kappa shape index (κ1) is 12.4. The largest absolute Gasteiger partial charge is 0.341 e. The maximum atomic E-state index is 5.70. The molecule has 0 atom stereocenters. The summed E-state index contributed by atoms with van der Waals surface area (Å²) in [6.45, 7) is 3.56. The smallest absolute Gasteiger partial charge is 0.0898 e. The fourth-order valence-corrected chi connectivity index (χ4v) is 3.07. The molecule has 98 valence electrons. The van der Waals surface area contributed by atoms with Gasteiger partial charge in [0.2, 0.25) is 0 Å². The van der Waals surface area contributed by atoms with Gasteiger partial charge in [0.1, 0.15) is 0 Å². The van der Waals surface area contributed by atoms with Gasteiger partial charge in [-0.2, -0.15) is 0 Å². The van der Waals surface area contributed by atoms with Gasteiger partial charge in [0, 0.05) is 22.5 Å². The maximum Gasteiger partial charge on any atom is 0.0898 e. The lowest BCUT2D eigenvalue weighted by atomic mass is 10.1. The summed E-state index contributed by atoms with van der Waals surface area (Å²) in [5.41, 5.74) is 9.41. The molecule has 0 fully saturated rings. The molecule has 2 heterocycles. The van der Waals surface area contributed by atoms with E-state index in [1.807, 2.05) is 6.92 Å². The Kier molecular flexibility index (Phi) is 3.36. The Hall–Kier alpha value is -1.65. The summed E-state index contributed by atoms with van der Waals surface area (Å²) in [6.07, 6.45) is 3.13. The molecule has 1 aromatic carbocycles. The lowest BCUT2D eigenvalue weighted by Crippen LogP contribution is -2.02. The fourth-order valence-electron chi connectivity index (χ4n) is 2.46. The molecule has 2 N–H and O–H groups in total. The van der Waals surface area contributed by atoms with Crippen LogP contribution in [0.25, 0.3) is 10.9 Å². The molecular weight excluding hydrogens is 254 g/mol. The average molecular weight is 271 g/mol. The number of fused-ring (bicyclic) bond motifs is 1. The Morgan fingerprint density at radius 3 is 2.89 bits per heavy atom. The van der Waals surface area contributed by atoms with Crippen molar-refractivity contribution in [3.05, 3.63) is 52.1 Å². The lowest BCUT2D eigenvalue weighted by Gasteiger charge is -2.02. The van der Waals surface area contributed by atoms with Crippen LogP contribution >= 0.6 is 11.3 Å². The maximum absolute atomic E-state index is 5.70. The van der Waals surface area contributed by atoms with Crippen molar-refractivity contribution in [1.82, 2.24) is 9.55 Å². The van der Waals surface area contributed by atoms with Gasteiger partial charge in [-0.3, -0.25) is 0 Å². The van der Waals surface area contributed by atoms with Crippen molar-refractivity contribution in [1.29, 1.82) is 0 Å². The fraction of sp³-hybridized carbons (Fsp3) is 0.267. The molecule has 3 aromatic rings. The van der Waals surface area contributed by atoms with E-state index in [0.29, 0.717) is 6.54 Å². The Morgan fingerprint density at radius 2 is 2.16 bits per heavy atom. The molecule has 0 spiro atoms. The van der Waals surface area contributed by atoms with Crippen LogP contribution in [0.4, 0.5) is 0 Å². The van der Waals surface area contributed by atoms with E-state index in [9.17, 15) is 0 Å². The Morgan fingerprint density at radius 1 is 1.32 bits per heavy atom. The van der Waals surface area contributed by atoms with E-state index < -0.39 is 0 Å². The highest BCUT2D eigenvalue weighted by molar-refractivity contribution is 7.09. The third-order valence-electron chi connectivity index (χ3n) is 3.28. The zero-order valence-electron chi connectivity index (χ0n) is 11.0. The molecule has 19 heavy (non-hydrogen) atoms. The number of benzene rings is 1. The van der Waals surface area contributed by atoms with Gasteiger partial charge >= 0.3 is 0 Å². The van der Waals surface area contributed by atoms with Gasteiger partial charge in [0.05, 0.1) is 17.2 Å². The van der Waals surface area contributed by atoms with E-state index in [0.717, 1.165) is 23.7 Å². The predicted octanol–water partition coefficient (Wildman–Crippen LogP) is 2.96. The van der Waals surface area contributed by atoms with Crippen LogP contribution in [0.1, 0.15) is 16.3 Å². The number of nitrogens with two attached hydrogens (primary N) is 1. The standard InChI is InChI=1S/C15H17N3S/c1-11-17-13(10-19-11)9-18-8-12(6-7-16)14-4-2-3-5-15(14)18/h2-5,8,10H,6-7,9,16H2,1H3. The van der Waals surface area contributed by atoms with E-state index in [1.54, 1.807) is 11.3 Å². The molecule has 0 aliphatic rings. The molecule has 2 aromatic heterocycles. The molecule has 3 rings (SSSR count). The minimum Gasteiger partial charge on any atom is -0.341 e. The Labute approximate surface area is 116 Å². The molecule has 0 unspecified atom stereocenters. The molecule has 0 aliphatic carbocycles. The first-order valence-corrected chi connectivity index (χ1v) is 7.33. The zero-order chi connectivity index (χ0) is 13.2. The van der Waals surface area contributed by atoms with Gasteiger partial charge < -0.3 is 10.3 Å². The van der Waals surface area contributed by atoms with Crippen molar-refractivity contribution in [3.8, 4) is 0 Å². The van der Waals surface area contributed by atoms with E-state index in [-0.39, 0.29) is 0 Å². The third kappa shape index (κ3) is 2.41. The predicted molar refractivity (Wildman–Crippen MR) is 80.6 cm³/mol. The van der Waals surface area contributed by atoms with E-state index in [4.69, 9.17) is 5.73 Å². The van der Waals surface area contributed by atoms with Gasteiger partial charge in [0.25, 0.3) is 0 Å². The van der Waals surface area contributed by atoms with Crippen LogP contribution in [0.15, 0.2) is 35.8 Å². The zero-order valence-corrected chi connectivity index (χ0v) is 11.8. The second-order valence-corrected chi connectivity index (χ2v) is 5.76. The monoisotopic (exact) mass is 271 g/mol. The highest BCUT2D eigenvalue weighted by Gasteiger charge is 2.08. The van der Waals surface area contributed by atoms with Crippen LogP contribution in [0, 0.1) is 6.92 Å². The van der Waals surface area contributed by atoms with Gasteiger partial charge in [-0.25, -0.2) is 4.98 Å². The van der Waals surface area contributed by atoms with Crippen LogP contribution in [0.2, 0.25) is 0 Å². The topological polar surface area (TPSA) is 43.8 Å². The molecule has 3 nitrogen and oxygen atoms in total. The van der Waals surface area contributed by atoms with Crippen molar-refractivity contribution in [2.75, 3.05) is 6.54 Å². The van der Waals surface area contributed by atoms with Crippen LogP contribution in [-0.4, -0.2) is 16.1 Å². The van der Waals surface area contributed by atoms with Crippen molar-refractivity contribution < 1.29 is 0 Å². The number of aryl methyl sites for hydroxylation is 1. The molecule has 4 heteroatoms. The van der Waals surface area contributed by atoms with Crippen LogP contribution in [0.3, 0.4) is 0 Å². The normalized spacial score (nSPS) is 11.3. The summed E-state index contributed by atoms with van der Waals surface area (Å²) in [6, 6.07) is 8.49. The molecule has 0 radical (unpaired) electrons. The first-order valence-electron chi connectivity index (χ1n) is 6.46. The van der Waals surface area contributed by atoms with Gasteiger partial charge in [0.15, 0.2) is 0 Å². The molecule has 0 aliphatic heterocycles. The van der Waals surface area contributed by atoms with E-state index >= 15 is 0 Å². The summed E-state index contributed by atoms with van der Waals surface area (Å²) in [5.74, 6) is 0. The van der Waals surface area contributed by atoms with Gasteiger partial charge in [-0.15, -0.1) is 11.3 Å². The van der Waals surface area contributed by atoms with E-state index in [1.165, 1.54) is 16.5 Å². The number of hydrogen-bond donors (Lipinski definition) is 1. The molecule has 0 bridgehead atoms. The summed E-state index contributed by atoms with van der Waals surface area (Å²) < 4.78 is 2.27. The first-order chi connectivity index (χ1) is 9.28. The highest BCUT2D eigenvalue weighted by atomic mass is 32.1. The number of rotatable bonds is 4. The minimum absolute atomic E-state index is 0.684. The van der Waals surface area contributed by atoms with Crippen LogP contribution < -0.4 is 5.73 Å². The van der Waals surface area contributed by atoms with Gasteiger partial charge in [-0.05, 0) is 31.5 Å². The molecule has 0 saturated heterocycles.